The van der Waals surface area contributed by atoms with Crippen LogP contribution >= 0.6 is 0 Å². The van der Waals surface area contributed by atoms with Crippen LogP contribution in [-0.4, -0.2) is 31.4 Å². The van der Waals surface area contributed by atoms with Crippen LogP contribution in [0.3, 0.4) is 0 Å². The Morgan fingerprint density at radius 3 is 2.63 bits per heavy atom. The summed E-state index contributed by atoms with van der Waals surface area (Å²) in [7, 11) is 1.53. The summed E-state index contributed by atoms with van der Waals surface area (Å²) < 4.78 is 26.2. The topological polar surface area (TPSA) is 55.8 Å². The van der Waals surface area contributed by atoms with Gasteiger partial charge in [-0.1, -0.05) is 49.8 Å². The van der Waals surface area contributed by atoms with Gasteiger partial charge in [0.25, 0.3) is 0 Å². The van der Waals surface area contributed by atoms with E-state index < -0.39 is 17.3 Å². The molecule has 1 N–H and O–H groups in total. The Balaban J connectivity index is 2.66. The van der Waals surface area contributed by atoms with E-state index in [0.717, 1.165) is 12.0 Å². The van der Waals surface area contributed by atoms with E-state index in [1.807, 2.05) is 45.9 Å². The van der Waals surface area contributed by atoms with Crippen LogP contribution in [0.15, 0.2) is 59.7 Å². The molecular formula is C25H31FO4. The summed E-state index contributed by atoms with van der Waals surface area (Å²) in [6, 6.07) is 4.59. The Morgan fingerprint density at radius 2 is 2.03 bits per heavy atom. The monoisotopic (exact) mass is 414 g/mol. The van der Waals surface area contributed by atoms with E-state index in [1.165, 1.54) is 13.2 Å². The summed E-state index contributed by atoms with van der Waals surface area (Å²) in [5.41, 5.74) is 1.63. The standard InChI is InChI=1S/C25H31FO4/c1-6-7-13-25(16-30-14-12-17(2)3)18(4)20(24(27)28)9-10-22(25)21-15-19(29-5)8-11-23(21)26/h7-13,15,18H,6,14,16H2,1-5H3,(H,27,28). The number of hydrogen-bond acceptors (Lipinski definition) is 3. The van der Waals surface area contributed by atoms with Crippen molar-refractivity contribution in [3.8, 4) is 5.75 Å². The lowest BCUT2D eigenvalue weighted by molar-refractivity contribution is -0.133. The number of carboxylic acid groups (broad SMARTS) is 1. The van der Waals surface area contributed by atoms with Gasteiger partial charge < -0.3 is 14.6 Å². The molecule has 0 saturated carbocycles. The molecular weight excluding hydrogens is 383 g/mol. The smallest absolute Gasteiger partial charge is 0.331 e. The van der Waals surface area contributed by atoms with Gasteiger partial charge in [-0.05, 0) is 44.0 Å². The van der Waals surface area contributed by atoms with Crippen LogP contribution in [0.25, 0.3) is 5.57 Å². The van der Waals surface area contributed by atoms with Gasteiger partial charge in [0.05, 0.1) is 20.3 Å². The predicted molar refractivity (Wildman–Crippen MR) is 118 cm³/mol. The van der Waals surface area contributed by atoms with E-state index in [2.05, 4.69) is 0 Å². The van der Waals surface area contributed by atoms with Crippen molar-refractivity contribution >= 4 is 11.5 Å². The van der Waals surface area contributed by atoms with Gasteiger partial charge in [0.1, 0.15) is 11.6 Å². The van der Waals surface area contributed by atoms with Crippen molar-refractivity contribution in [1.29, 1.82) is 0 Å². The highest BCUT2D eigenvalue weighted by atomic mass is 19.1. The minimum Gasteiger partial charge on any atom is -0.497 e. The predicted octanol–water partition coefficient (Wildman–Crippen LogP) is 5.81. The normalized spacial score (nSPS) is 21.2. The van der Waals surface area contributed by atoms with E-state index in [-0.39, 0.29) is 18.0 Å². The molecule has 1 aromatic rings. The lowest BCUT2D eigenvalue weighted by Gasteiger charge is -2.41. The number of rotatable bonds is 9. The van der Waals surface area contributed by atoms with Crippen molar-refractivity contribution in [2.75, 3.05) is 20.3 Å². The van der Waals surface area contributed by atoms with Crippen molar-refractivity contribution in [2.24, 2.45) is 11.3 Å². The lowest BCUT2D eigenvalue weighted by Crippen LogP contribution is -2.38. The molecule has 0 heterocycles. The molecule has 4 nitrogen and oxygen atoms in total. The van der Waals surface area contributed by atoms with Gasteiger partial charge in [0.2, 0.25) is 0 Å². The number of ether oxygens (including phenoxy) is 2. The summed E-state index contributed by atoms with van der Waals surface area (Å²) in [5, 5.41) is 9.74. The van der Waals surface area contributed by atoms with E-state index in [0.29, 0.717) is 23.5 Å². The first-order chi connectivity index (χ1) is 14.3. The molecule has 162 valence electrons. The molecule has 0 fully saturated rings. The second-order valence-electron chi connectivity index (χ2n) is 7.72. The molecule has 30 heavy (non-hydrogen) atoms. The fourth-order valence-corrected chi connectivity index (χ4v) is 3.68. The zero-order valence-corrected chi connectivity index (χ0v) is 18.4. The first kappa shape index (κ1) is 23.6. The molecule has 0 spiro atoms. The maximum Gasteiger partial charge on any atom is 0.331 e. The molecule has 0 aromatic heterocycles. The van der Waals surface area contributed by atoms with Crippen molar-refractivity contribution in [2.45, 2.75) is 34.1 Å². The molecule has 2 rings (SSSR count). The van der Waals surface area contributed by atoms with Crippen molar-refractivity contribution in [1.82, 2.24) is 0 Å². The molecule has 0 amide bonds. The number of benzene rings is 1. The Bertz CT molecular complexity index is 890. The molecule has 1 aliphatic rings. The highest BCUT2D eigenvalue weighted by molar-refractivity contribution is 5.91. The minimum absolute atomic E-state index is 0.224. The van der Waals surface area contributed by atoms with Crippen molar-refractivity contribution < 1.29 is 23.8 Å². The molecule has 0 aliphatic heterocycles. The summed E-state index contributed by atoms with van der Waals surface area (Å²) in [4.78, 5) is 11.9. The number of hydrogen-bond donors (Lipinski definition) is 1. The molecule has 0 bridgehead atoms. The molecule has 5 heteroatoms. The fourth-order valence-electron chi connectivity index (χ4n) is 3.68. The quantitative estimate of drug-likeness (QED) is 0.409. The van der Waals surface area contributed by atoms with Crippen LogP contribution in [0.4, 0.5) is 4.39 Å². The second-order valence-corrected chi connectivity index (χ2v) is 7.72. The van der Waals surface area contributed by atoms with Gasteiger partial charge in [0.15, 0.2) is 0 Å². The van der Waals surface area contributed by atoms with Gasteiger partial charge >= 0.3 is 5.97 Å². The van der Waals surface area contributed by atoms with Gasteiger partial charge in [0, 0.05) is 22.5 Å². The Labute approximate surface area is 178 Å². The highest BCUT2D eigenvalue weighted by Crippen LogP contribution is 2.50. The van der Waals surface area contributed by atoms with Crippen LogP contribution in [-0.2, 0) is 9.53 Å². The highest BCUT2D eigenvalue weighted by Gasteiger charge is 2.44. The van der Waals surface area contributed by atoms with Crippen LogP contribution in [0, 0.1) is 17.2 Å². The number of carboxylic acids is 1. The number of carbonyl (C=O) groups is 1. The zero-order valence-electron chi connectivity index (χ0n) is 18.4. The van der Waals surface area contributed by atoms with Crippen LogP contribution in [0.5, 0.6) is 5.75 Å². The number of methoxy groups -OCH3 is 1. The van der Waals surface area contributed by atoms with Gasteiger partial charge in [-0.2, -0.15) is 0 Å². The molecule has 1 aromatic carbocycles. The Hall–Kier alpha value is -2.66. The van der Waals surface area contributed by atoms with E-state index in [4.69, 9.17) is 9.47 Å². The van der Waals surface area contributed by atoms with Crippen LogP contribution in [0.2, 0.25) is 0 Å². The van der Waals surface area contributed by atoms with E-state index in [1.54, 1.807) is 24.3 Å². The molecule has 2 atom stereocenters. The third kappa shape index (κ3) is 5.08. The van der Waals surface area contributed by atoms with Crippen LogP contribution in [0.1, 0.15) is 39.7 Å². The molecule has 2 unspecified atom stereocenters. The third-order valence-electron chi connectivity index (χ3n) is 5.48. The lowest BCUT2D eigenvalue weighted by atomic mass is 9.63. The maximum absolute atomic E-state index is 14.9. The number of allylic oxidation sites excluding steroid dienone is 4. The largest absolute Gasteiger partial charge is 0.497 e. The third-order valence-corrected chi connectivity index (χ3v) is 5.48. The Morgan fingerprint density at radius 1 is 1.30 bits per heavy atom. The maximum atomic E-state index is 14.9. The molecule has 0 radical (unpaired) electrons. The van der Waals surface area contributed by atoms with Crippen molar-refractivity contribution in [3.05, 3.63) is 71.1 Å². The zero-order chi connectivity index (χ0) is 22.3. The average Bonchev–Trinajstić information content (AvgIpc) is 2.71. The van der Waals surface area contributed by atoms with Gasteiger partial charge in [-0.3, -0.25) is 0 Å². The number of halogens is 1. The van der Waals surface area contributed by atoms with Crippen molar-refractivity contribution in [3.63, 3.8) is 0 Å². The summed E-state index contributed by atoms with van der Waals surface area (Å²) >= 11 is 0. The van der Waals surface area contributed by atoms with E-state index in [9.17, 15) is 14.3 Å². The summed E-state index contributed by atoms with van der Waals surface area (Å²) in [5.74, 6) is -1.26. The second kappa shape index (κ2) is 10.4. The molecule has 0 saturated heterocycles. The first-order valence-corrected chi connectivity index (χ1v) is 10.1. The Kier molecular flexibility index (Phi) is 8.18. The summed E-state index contributed by atoms with van der Waals surface area (Å²) in [6.07, 6.45) is 9.95. The SMILES string of the molecule is CCC=CC1(COCC=C(C)C)C(c2cc(OC)ccc2F)=CC=C(C(=O)O)C1C. The summed E-state index contributed by atoms with van der Waals surface area (Å²) in [6.45, 7) is 8.46. The fraction of sp³-hybridized carbons (Fsp3) is 0.400. The van der Waals surface area contributed by atoms with Gasteiger partial charge in [-0.25, -0.2) is 9.18 Å². The van der Waals surface area contributed by atoms with E-state index >= 15 is 0 Å². The average molecular weight is 415 g/mol. The molecule has 1 aliphatic carbocycles. The number of aliphatic carboxylic acids is 1. The minimum atomic E-state index is -0.984. The van der Waals surface area contributed by atoms with Crippen LogP contribution < -0.4 is 4.74 Å². The first-order valence-electron chi connectivity index (χ1n) is 10.1. The van der Waals surface area contributed by atoms with Gasteiger partial charge in [-0.15, -0.1) is 0 Å².